The molecule has 1 unspecified atom stereocenters. The van der Waals surface area contributed by atoms with Crippen molar-refractivity contribution in [2.24, 2.45) is 0 Å². The number of benzene rings is 1. The molecule has 1 aliphatic rings. The highest BCUT2D eigenvalue weighted by atomic mass is 19.1. The minimum Gasteiger partial charge on any atom is -0.376 e. The summed E-state index contributed by atoms with van der Waals surface area (Å²) in [5.41, 5.74) is 5.02. The Morgan fingerprint density at radius 2 is 2.05 bits per heavy atom. The topological polar surface area (TPSA) is 24.9 Å². The summed E-state index contributed by atoms with van der Waals surface area (Å²) in [7, 11) is 0. The minimum atomic E-state index is -0.286. The molecule has 2 aromatic rings. The Bertz CT molecular complexity index is 607. The van der Waals surface area contributed by atoms with E-state index in [1.54, 1.807) is 6.07 Å². The molecule has 2 nitrogen and oxygen atoms in total. The molecule has 0 saturated heterocycles. The lowest BCUT2D eigenvalue weighted by atomic mass is 9.90. The molecule has 1 aromatic heterocycles. The van der Waals surface area contributed by atoms with Gasteiger partial charge < -0.3 is 5.32 Å². The number of nitrogens with zero attached hydrogens (tertiary/aromatic N) is 1. The molecule has 21 heavy (non-hydrogen) atoms. The van der Waals surface area contributed by atoms with Crippen LogP contribution in [-0.2, 0) is 12.8 Å². The first-order valence-corrected chi connectivity index (χ1v) is 7.76. The highest BCUT2D eigenvalue weighted by Gasteiger charge is 2.16. The van der Waals surface area contributed by atoms with Crippen LogP contribution < -0.4 is 5.32 Å². The third kappa shape index (κ3) is 3.07. The maximum Gasteiger partial charge on any atom is 0.141 e. The van der Waals surface area contributed by atoms with Crippen LogP contribution in [0.25, 0.3) is 0 Å². The molecule has 0 bridgehead atoms. The number of nitrogens with one attached hydrogen (secondary N) is 1. The summed E-state index contributed by atoms with van der Waals surface area (Å²) in [6.07, 6.45) is 7.08. The van der Waals surface area contributed by atoms with Crippen molar-refractivity contribution in [3.8, 4) is 0 Å². The zero-order valence-corrected chi connectivity index (χ0v) is 12.4. The van der Waals surface area contributed by atoms with E-state index in [-0.39, 0.29) is 11.9 Å². The molecule has 0 aliphatic heterocycles. The molecule has 0 amide bonds. The largest absolute Gasteiger partial charge is 0.376 e. The minimum absolute atomic E-state index is 0.124. The van der Waals surface area contributed by atoms with Gasteiger partial charge >= 0.3 is 0 Å². The number of aryl methyl sites for hydroxylation is 1. The first kappa shape index (κ1) is 14.1. The van der Waals surface area contributed by atoms with Crippen LogP contribution in [0.2, 0.25) is 0 Å². The van der Waals surface area contributed by atoms with Crippen LogP contribution in [0.1, 0.15) is 49.0 Å². The Labute approximate surface area is 125 Å². The number of halogens is 1. The van der Waals surface area contributed by atoms with E-state index >= 15 is 0 Å². The molecule has 1 atom stereocenters. The number of aromatic nitrogens is 1. The van der Waals surface area contributed by atoms with Crippen LogP contribution in [0.15, 0.2) is 36.5 Å². The number of pyridine rings is 1. The van der Waals surface area contributed by atoms with Crippen molar-refractivity contribution in [3.63, 3.8) is 0 Å². The lowest BCUT2D eigenvalue weighted by Crippen LogP contribution is -2.14. The Morgan fingerprint density at radius 3 is 2.81 bits per heavy atom. The number of fused-ring (bicyclic) bond motifs is 1. The van der Waals surface area contributed by atoms with Crippen LogP contribution in [0.4, 0.5) is 10.1 Å². The van der Waals surface area contributed by atoms with Gasteiger partial charge in [-0.1, -0.05) is 19.1 Å². The molecule has 1 heterocycles. The molecule has 3 rings (SSSR count). The molecular weight excluding hydrogens is 263 g/mol. The number of hydrogen-bond donors (Lipinski definition) is 1. The van der Waals surface area contributed by atoms with Gasteiger partial charge in [-0.15, -0.1) is 0 Å². The Hall–Kier alpha value is -1.90. The van der Waals surface area contributed by atoms with E-state index in [0.717, 1.165) is 18.5 Å². The Balaban J connectivity index is 1.86. The van der Waals surface area contributed by atoms with E-state index in [4.69, 9.17) is 0 Å². The van der Waals surface area contributed by atoms with E-state index in [1.165, 1.54) is 48.3 Å². The van der Waals surface area contributed by atoms with Gasteiger partial charge in [-0.2, -0.15) is 0 Å². The van der Waals surface area contributed by atoms with Gasteiger partial charge in [-0.3, -0.25) is 4.98 Å². The van der Waals surface area contributed by atoms with Gasteiger partial charge in [0.05, 0.1) is 17.9 Å². The maximum absolute atomic E-state index is 13.0. The molecule has 0 fully saturated rings. The zero-order chi connectivity index (χ0) is 14.7. The Kier molecular flexibility index (Phi) is 4.18. The van der Waals surface area contributed by atoms with Crippen molar-refractivity contribution in [1.82, 2.24) is 4.98 Å². The van der Waals surface area contributed by atoms with Gasteiger partial charge in [0.2, 0.25) is 0 Å². The van der Waals surface area contributed by atoms with Crippen molar-refractivity contribution >= 4 is 5.69 Å². The summed E-state index contributed by atoms with van der Waals surface area (Å²) in [4.78, 5) is 4.22. The smallest absolute Gasteiger partial charge is 0.141 e. The van der Waals surface area contributed by atoms with Gasteiger partial charge in [-0.05, 0) is 61.4 Å². The standard InChI is InChI=1S/C18H21FN2/c1-2-16(18-11-10-14(19)12-20-18)21-17-9-5-7-13-6-3-4-8-15(13)17/h5,7,9-12,16,21H,2-4,6,8H2,1H3. The molecule has 1 aliphatic carbocycles. The molecule has 0 saturated carbocycles. The van der Waals surface area contributed by atoms with Crippen LogP contribution in [0.5, 0.6) is 0 Å². The predicted molar refractivity (Wildman–Crippen MR) is 83.9 cm³/mol. The van der Waals surface area contributed by atoms with E-state index in [9.17, 15) is 4.39 Å². The average molecular weight is 284 g/mol. The second-order valence-corrected chi connectivity index (χ2v) is 5.66. The fourth-order valence-corrected chi connectivity index (χ4v) is 3.08. The van der Waals surface area contributed by atoms with Crippen molar-refractivity contribution in [1.29, 1.82) is 0 Å². The first-order chi connectivity index (χ1) is 10.3. The summed E-state index contributed by atoms with van der Waals surface area (Å²) >= 11 is 0. The monoisotopic (exact) mass is 284 g/mol. The molecule has 1 N–H and O–H groups in total. The molecule has 1 aromatic carbocycles. The third-order valence-corrected chi connectivity index (χ3v) is 4.24. The molecule has 0 radical (unpaired) electrons. The van der Waals surface area contributed by atoms with Gasteiger partial charge in [0.15, 0.2) is 0 Å². The molecule has 3 heteroatoms. The maximum atomic E-state index is 13.0. The van der Waals surface area contributed by atoms with Gasteiger partial charge in [0, 0.05) is 5.69 Å². The molecular formula is C18H21FN2. The third-order valence-electron chi connectivity index (χ3n) is 4.24. The summed E-state index contributed by atoms with van der Waals surface area (Å²) in [5.74, 6) is -0.286. The van der Waals surface area contributed by atoms with Crippen molar-refractivity contribution < 1.29 is 4.39 Å². The number of anilines is 1. The van der Waals surface area contributed by atoms with Gasteiger partial charge in [0.1, 0.15) is 5.82 Å². The summed E-state index contributed by atoms with van der Waals surface area (Å²) < 4.78 is 13.0. The fourth-order valence-electron chi connectivity index (χ4n) is 3.08. The second kappa shape index (κ2) is 6.25. The van der Waals surface area contributed by atoms with E-state index in [1.807, 2.05) is 0 Å². The van der Waals surface area contributed by atoms with Crippen LogP contribution in [0.3, 0.4) is 0 Å². The number of hydrogen-bond acceptors (Lipinski definition) is 2. The Morgan fingerprint density at radius 1 is 1.19 bits per heavy atom. The predicted octanol–water partition coefficient (Wildman–Crippen LogP) is 4.66. The molecule has 110 valence electrons. The van der Waals surface area contributed by atoms with Crippen LogP contribution in [0, 0.1) is 5.82 Å². The zero-order valence-electron chi connectivity index (χ0n) is 12.4. The van der Waals surface area contributed by atoms with Gasteiger partial charge in [-0.25, -0.2) is 4.39 Å². The highest BCUT2D eigenvalue weighted by Crippen LogP contribution is 2.30. The first-order valence-electron chi connectivity index (χ1n) is 7.76. The summed E-state index contributed by atoms with van der Waals surface area (Å²) in [6, 6.07) is 9.88. The van der Waals surface area contributed by atoms with Gasteiger partial charge in [0.25, 0.3) is 0 Å². The highest BCUT2D eigenvalue weighted by molar-refractivity contribution is 5.56. The van der Waals surface area contributed by atoms with E-state index in [2.05, 4.69) is 35.4 Å². The quantitative estimate of drug-likeness (QED) is 0.883. The van der Waals surface area contributed by atoms with Crippen LogP contribution in [-0.4, -0.2) is 4.98 Å². The fraction of sp³-hybridized carbons (Fsp3) is 0.389. The summed E-state index contributed by atoms with van der Waals surface area (Å²) in [6.45, 7) is 2.12. The molecule has 0 spiro atoms. The van der Waals surface area contributed by atoms with E-state index in [0.29, 0.717) is 0 Å². The lowest BCUT2D eigenvalue weighted by molar-refractivity contribution is 0.614. The normalized spacial score (nSPS) is 15.3. The van der Waals surface area contributed by atoms with Crippen LogP contribution >= 0.6 is 0 Å². The second-order valence-electron chi connectivity index (χ2n) is 5.66. The van der Waals surface area contributed by atoms with Crippen molar-refractivity contribution in [2.75, 3.05) is 5.32 Å². The average Bonchev–Trinajstić information content (AvgIpc) is 2.54. The number of rotatable bonds is 4. The van der Waals surface area contributed by atoms with Crippen molar-refractivity contribution in [3.05, 3.63) is 59.2 Å². The lowest BCUT2D eigenvalue weighted by Gasteiger charge is -2.24. The SMILES string of the molecule is CCC(Nc1cccc2c1CCCC2)c1ccc(F)cn1. The van der Waals surface area contributed by atoms with Crippen molar-refractivity contribution in [2.45, 2.75) is 45.1 Å². The van der Waals surface area contributed by atoms with E-state index < -0.39 is 0 Å². The summed E-state index contributed by atoms with van der Waals surface area (Å²) in [5, 5.41) is 3.61.